The van der Waals surface area contributed by atoms with Crippen molar-refractivity contribution in [3.63, 3.8) is 0 Å². The Morgan fingerprint density at radius 2 is 1.21 bits per heavy atom. The van der Waals surface area contributed by atoms with Crippen molar-refractivity contribution in [1.82, 2.24) is 10.6 Å². The van der Waals surface area contributed by atoms with E-state index in [0.29, 0.717) is 56.2 Å². The lowest BCUT2D eigenvalue weighted by molar-refractivity contribution is 0.0400. The van der Waals surface area contributed by atoms with E-state index >= 15 is 0 Å². The van der Waals surface area contributed by atoms with Gasteiger partial charge in [0.1, 0.15) is 5.60 Å². The first-order valence-electron chi connectivity index (χ1n) is 10.9. The second kappa shape index (κ2) is 13.3. The topological polar surface area (TPSA) is 103 Å². The van der Waals surface area contributed by atoms with Gasteiger partial charge in [0.05, 0.1) is 26.4 Å². The van der Waals surface area contributed by atoms with Crippen LogP contribution in [-0.4, -0.2) is 62.9 Å². The van der Waals surface area contributed by atoms with Gasteiger partial charge in [0.25, 0.3) is 5.91 Å². The van der Waals surface area contributed by atoms with Crippen LogP contribution in [0.5, 0.6) is 0 Å². The van der Waals surface area contributed by atoms with Crippen LogP contribution in [0.4, 0.5) is 4.79 Å². The van der Waals surface area contributed by atoms with Crippen LogP contribution in [0.25, 0.3) is 0 Å². The zero-order valence-electron chi connectivity index (χ0n) is 19.4. The van der Waals surface area contributed by atoms with Crippen molar-refractivity contribution in [3.8, 4) is 0 Å². The maximum atomic E-state index is 12.4. The summed E-state index contributed by atoms with van der Waals surface area (Å²) in [7, 11) is 0. The lowest BCUT2D eigenvalue weighted by atomic mass is 10.0. The first-order chi connectivity index (χ1) is 15.8. The van der Waals surface area contributed by atoms with Crippen molar-refractivity contribution >= 4 is 17.8 Å². The molecule has 2 aromatic carbocycles. The van der Waals surface area contributed by atoms with Gasteiger partial charge in [-0.15, -0.1) is 0 Å². The van der Waals surface area contributed by atoms with Crippen LogP contribution in [0.1, 0.15) is 47.1 Å². The van der Waals surface area contributed by atoms with Crippen LogP contribution in [0, 0.1) is 0 Å². The van der Waals surface area contributed by atoms with Gasteiger partial charge in [0, 0.05) is 29.8 Å². The highest BCUT2D eigenvalue weighted by Gasteiger charge is 2.15. The number of carbonyl (C=O) groups excluding carboxylic acids is 3. The highest BCUT2D eigenvalue weighted by atomic mass is 16.6. The summed E-state index contributed by atoms with van der Waals surface area (Å²) < 4.78 is 15.9. The van der Waals surface area contributed by atoms with E-state index < -0.39 is 11.7 Å². The molecular weight excluding hydrogens is 424 g/mol. The van der Waals surface area contributed by atoms with E-state index in [0.717, 1.165) is 0 Å². The van der Waals surface area contributed by atoms with Crippen LogP contribution < -0.4 is 10.6 Å². The largest absolute Gasteiger partial charge is 0.444 e. The molecule has 2 amide bonds. The first kappa shape index (κ1) is 26.0. The van der Waals surface area contributed by atoms with E-state index in [9.17, 15) is 14.4 Å². The fourth-order valence-corrected chi connectivity index (χ4v) is 2.73. The fourth-order valence-electron chi connectivity index (χ4n) is 2.73. The molecule has 0 atom stereocenters. The van der Waals surface area contributed by atoms with Gasteiger partial charge in [0.2, 0.25) is 0 Å². The summed E-state index contributed by atoms with van der Waals surface area (Å²) in [6.07, 6.45) is -0.476. The van der Waals surface area contributed by atoms with E-state index in [1.807, 2.05) is 18.2 Å². The van der Waals surface area contributed by atoms with Crippen molar-refractivity contribution in [3.05, 3.63) is 71.3 Å². The Balaban J connectivity index is 1.54. The second-order valence-corrected chi connectivity index (χ2v) is 8.18. The Kier molecular flexibility index (Phi) is 10.5. The van der Waals surface area contributed by atoms with Crippen LogP contribution >= 0.6 is 0 Å². The molecule has 0 fully saturated rings. The number of carbonyl (C=O) groups is 3. The average Bonchev–Trinajstić information content (AvgIpc) is 2.79. The maximum absolute atomic E-state index is 12.4. The van der Waals surface area contributed by atoms with Crippen molar-refractivity contribution in [2.24, 2.45) is 0 Å². The molecule has 8 heteroatoms. The van der Waals surface area contributed by atoms with Crippen LogP contribution in [0.2, 0.25) is 0 Å². The van der Waals surface area contributed by atoms with E-state index in [2.05, 4.69) is 10.6 Å². The molecule has 0 aliphatic rings. The third kappa shape index (κ3) is 10.3. The number of ether oxygens (including phenoxy) is 3. The van der Waals surface area contributed by atoms with Gasteiger partial charge in [-0.05, 0) is 32.9 Å². The number of amides is 2. The number of hydrogen-bond donors (Lipinski definition) is 2. The Morgan fingerprint density at radius 1 is 0.697 bits per heavy atom. The number of rotatable bonds is 12. The molecule has 178 valence electrons. The smallest absolute Gasteiger partial charge is 0.407 e. The molecule has 0 radical (unpaired) electrons. The quantitative estimate of drug-likeness (QED) is 0.376. The Bertz CT molecular complexity index is 891. The minimum atomic E-state index is -0.529. The molecule has 2 rings (SSSR count). The molecular formula is C25H32N2O6. The molecule has 0 saturated carbocycles. The fraction of sp³-hybridized carbons (Fsp3) is 0.400. The van der Waals surface area contributed by atoms with E-state index in [4.69, 9.17) is 14.2 Å². The molecule has 0 aromatic heterocycles. The van der Waals surface area contributed by atoms with Gasteiger partial charge < -0.3 is 24.8 Å². The molecule has 0 saturated heterocycles. The Hall–Kier alpha value is -3.23. The highest BCUT2D eigenvalue weighted by molar-refractivity contribution is 6.09. The van der Waals surface area contributed by atoms with Crippen molar-refractivity contribution < 1.29 is 28.6 Å². The third-order valence-corrected chi connectivity index (χ3v) is 4.26. The summed E-state index contributed by atoms with van der Waals surface area (Å²) in [6.45, 7) is 7.54. The molecule has 0 aliphatic heterocycles. The van der Waals surface area contributed by atoms with Gasteiger partial charge in [-0.2, -0.15) is 0 Å². The molecule has 0 spiro atoms. The Morgan fingerprint density at radius 3 is 1.79 bits per heavy atom. The Labute approximate surface area is 194 Å². The first-order valence-corrected chi connectivity index (χ1v) is 10.9. The monoisotopic (exact) mass is 456 g/mol. The van der Waals surface area contributed by atoms with Crippen LogP contribution in [0.3, 0.4) is 0 Å². The molecule has 2 N–H and O–H groups in total. The summed E-state index contributed by atoms with van der Waals surface area (Å²) in [5.74, 6) is -0.319. The summed E-state index contributed by atoms with van der Waals surface area (Å²) in [5.41, 5.74) is 1.08. The second-order valence-electron chi connectivity index (χ2n) is 8.18. The lowest BCUT2D eigenvalue weighted by Gasteiger charge is -2.19. The van der Waals surface area contributed by atoms with E-state index in [1.165, 1.54) is 0 Å². The van der Waals surface area contributed by atoms with Gasteiger partial charge in [0.15, 0.2) is 5.78 Å². The molecule has 0 bridgehead atoms. The summed E-state index contributed by atoms with van der Waals surface area (Å²) in [5, 5.41) is 5.37. The van der Waals surface area contributed by atoms with E-state index in [1.54, 1.807) is 57.2 Å². The number of alkyl carbamates (subject to hydrolysis) is 1. The zero-order chi connectivity index (χ0) is 24.1. The molecule has 8 nitrogen and oxygen atoms in total. The number of benzene rings is 2. The normalized spacial score (nSPS) is 11.0. The molecule has 0 aliphatic carbocycles. The van der Waals surface area contributed by atoms with Gasteiger partial charge >= 0.3 is 6.09 Å². The SMILES string of the molecule is CC(C)(C)OC(=O)NCCOCCOCCNC(=O)c1ccc(C(=O)c2ccccc2)cc1. The maximum Gasteiger partial charge on any atom is 0.407 e. The molecule has 0 heterocycles. The van der Waals surface area contributed by atoms with Gasteiger partial charge in [-0.3, -0.25) is 9.59 Å². The highest BCUT2D eigenvalue weighted by Crippen LogP contribution is 2.11. The third-order valence-electron chi connectivity index (χ3n) is 4.26. The van der Waals surface area contributed by atoms with Gasteiger partial charge in [-0.1, -0.05) is 42.5 Å². The number of ketones is 1. The van der Waals surface area contributed by atoms with Crippen LogP contribution in [-0.2, 0) is 14.2 Å². The predicted molar refractivity (Wildman–Crippen MR) is 125 cm³/mol. The van der Waals surface area contributed by atoms with Crippen molar-refractivity contribution in [2.75, 3.05) is 39.5 Å². The van der Waals surface area contributed by atoms with Crippen LogP contribution in [0.15, 0.2) is 54.6 Å². The molecule has 0 unspecified atom stereocenters. The lowest BCUT2D eigenvalue weighted by Crippen LogP contribution is -2.34. The summed E-state index contributed by atoms with van der Waals surface area (Å²) >= 11 is 0. The summed E-state index contributed by atoms with van der Waals surface area (Å²) in [4.78, 5) is 36.1. The minimum absolute atomic E-state index is 0.0844. The summed E-state index contributed by atoms with van der Waals surface area (Å²) in [6, 6.07) is 15.6. The zero-order valence-corrected chi connectivity index (χ0v) is 19.4. The average molecular weight is 457 g/mol. The number of hydrogen-bond acceptors (Lipinski definition) is 6. The standard InChI is InChI=1S/C25H32N2O6/c1-25(2,3)33-24(30)27-14-16-32-18-17-31-15-13-26-23(29)21-11-9-20(10-12-21)22(28)19-7-5-4-6-8-19/h4-12H,13-18H2,1-3H3,(H,26,29)(H,27,30). The predicted octanol–water partition coefficient (Wildman–Crippen LogP) is 3.21. The van der Waals surface area contributed by atoms with E-state index in [-0.39, 0.29) is 11.7 Å². The number of nitrogens with one attached hydrogen (secondary N) is 2. The van der Waals surface area contributed by atoms with Crippen molar-refractivity contribution in [1.29, 1.82) is 0 Å². The minimum Gasteiger partial charge on any atom is -0.444 e. The van der Waals surface area contributed by atoms with Gasteiger partial charge in [-0.25, -0.2) is 4.79 Å². The molecule has 2 aromatic rings. The van der Waals surface area contributed by atoms with Crippen molar-refractivity contribution in [2.45, 2.75) is 26.4 Å². The molecule has 33 heavy (non-hydrogen) atoms.